The Kier molecular flexibility index (Phi) is 4.50. The van der Waals surface area contributed by atoms with Crippen LogP contribution < -0.4 is 0 Å². The number of aryl methyl sites for hydroxylation is 2. The molecule has 6 nitrogen and oxygen atoms in total. The fourth-order valence-electron chi connectivity index (χ4n) is 3.38. The number of hydrogen-bond donors (Lipinski definition) is 1. The molecule has 1 aliphatic heterocycles. The smallest absolute Gasteiger partial charge is 0.224 e. The summed E-state index contributed by atoms with van der Waals surface area (Å²) in [5.74, 6) is 2.04. The first-order chi connectivity index (χ1) is 11.1. The van der Waals surface area contributed by atoms with Crippen molar-refractivity contribution in [2.75, 3.05) is 13.1 Å². The Labute approximate surface area is 136 Å². The third-order valence-corrected chi connectivity index (χ3v) is 4.65. The molecule has 1 N–H and O–H groups in total. The molecule has 23 heavy (non-hydrogen) atoms. The maximum absolute atomic E-state index is 12.5. The molecular weight excluding hydrogens is 290 g/mol. The Morgan fingerprint density at radius 1 is 1.48 bits per heavy atom. The van der Waals surface area contributed by atoms with Gasteiger partial charge in [0, 0.05) is 56.0 Å². The van der Waals surface area contributed by atoms with Gasteiger partial charge in [0.15, 0.2) is 0 Å². The van der Waals surface area contributed by atoms with Gasteiger partial charge in [0.1, 0.15) is 5.82 Å². The van der Waals surface area contributed by atoms with E-state index in [2.05, 4.69) is 40.5 Å². The number of likely N-dealkylation sites (tertiary alicyclic amines) is 1. The minimum Gasteiger partial charge on any atom is -0.342 e. The molecule has 2 aromatic heterocycles. The van der Waals surface area contributed by atoms with Crippen LogP contribution in [0, 0.1) is 6.92 Å². The molecule has 1 fully saturated rings. The van der Waals surface area contributed by atoms with Crippen LogP contribution in [0.15, 0.2) is 18.6 Å². The van der Waals surface area contributed by atoms with Gasteiger partial charge in [0.25, 0.3) is 0 Å². The van der Waals surface area contributed by atoms with Crippen LogP contribution in [0.2, 0.25) is 0 Å². The Balaban J connectivity index is 1.55. The molecule has 0 spiro atoms. The molecule has 0 saturated carbocycles. The molecule has 124 valence electrons. The van der Waals surface area contributed by atoms with Gasteiger partial charge in [-0.1, -0.05) is 13.8 Å². The molecule has 1 atom stereocenters. The third kappa shape index (κ3) is 3.30. The van der Waals surface area contributed by atoms with Crippen LogP contribution in [0.1, 0.15) is 55.6 Å². The predicted molar refractivity (Wildman–Crippen MR) is 88.2 cm³/mol. The van der Waals surface area contributed by atoms with Crippen molar-refractivity contribution >= 4 is 5.91 Å². The lowest BCUT2D eigenvalue weighted by atomic mass is 10.0. The summed E-state index contributed by atoms with van der Waals surface area (Å²) in [6.07, 6.45) is 7.17. The summed E-state index contributed by atoms with van der Waals surface area (Å²) in [4.78, 5) is 18.8. The van der Waals surface area contributed by atoms with Crippen LogP contribution in [0.5, 0.6) is 0 Å². The van der Waals surface area contributed by atoms with Crippen molar-refractivity contribution < 1.29 is 4.79 Å². The zero-order chi connectivity index (χ0) is 16.4. The van der Waals surface area contributed by atoms with E-state index < -0.39 is 0 Å². The van der Waals surface area contributed by atoms with Crippen LogP contribution in [0.4, 0.5) is 0 Å². The fourth-order valence-corrected chi connectivity index (χ4v) is 3.38. The average Bonchev–Trinajstić information content (AvgIpc) is 3.24. The molecule has 1 amide bonds. The lowest BCUT2D eigenvalue weighted by Crippen LogP contribution is -2.29. The van der Waals surface area contributed by atoms with Crippen molar-refractivity contribution in [3.8, 4) is 0 Å². The van der Waals surface area contributed by atoms with Gasteiger partial charge in [-0.25, -0.2) is 4.98 Å². The minimum absolute atomic E-state index is 0.230. The molecule has 0 unspecified atom stereocenters. The van der Waals surface area contributed by atoms with E-state index in [1.807, 2.05) is 23.5 Å². The quantitative estimate of drug-likeness (QED) is 0.921. The van der Waals surface area contributed by atoms with Crippen molar-refractivity contribution in [2.45, 2.75) is 52.0 Å². The van der Waals surface area contributed by atoms with Crippen molar-refractivity contribution in [2.24, 2.45) is 0 Å². The Morgan fingerprint density at radius 2 is 2.30 bits per heavy atom. The van der Waals surface area contributed by atoms with Gasteiger partial charge in [0.05, 0.1) is 6.20 Å². The third-order valence-electron chi connectivity index (χ3n) is 4.65. The fraction of sp³-hybridized carbons (Fsp3) is 0.588. The van der Waals surface area contributed by atoms with E-state index in [9.17, 15) is 4.79 Å². The topological polar surface area (TPSA) is 66.8 Å². The van der Waals surface area contributed by atoms with E-state index in [0.717, 1.165) is 25.3 Å². The van der Waals surface area contributed by atoms with Gasteiger partial charge in [0.2, 0.25) is 5.91 Å². The van der Waals surface area contributed by atoms with Crippen molar-refractivity contribution in [3.63, 3.8) is 0 Å². The molecule has 0 aromatic carbocycles. The number of amides is 1. The lowest BCUT2D eigenvalue weighted by Gasteiger charge is -2.17. The maximum Gasteiger partial charge on any atom is 0.224 e. The second kappa shape index (κ2) is 6.56. The van der Waals surface area contributed by atoms with Crippen molar-refractivity contribution in [1.82, 2.24) is 24.6 Å². The number of carbonyl (C=O) groups excluding carboxylic acids is 1. The molecule has 1 saturated heterocycles. The molecule has 0 radical (unpaired) electrons. The number of imidazole rings is 1. The summed E-state index contributed by atoms with van der Waals surface area (Å²) >= 11 is 0. The zero-order valence-corrected chi connectivity index (χ0v) is 14.1. The number of H-pyrrole nitrogens is 1. The first kappa shape index (κ1) is 15.8. The van der Waals surface area contributed by atoms with Crippen LogP contribution >= 0.6 is 0 Å². The maximum atomic E-state index is 12.5. The highest BCUT2D eigenvalue weighted by Crippen LogP contribution is 2.28. The first-order valence-electron chi connectivity index (χ1n) is 8.35. The van der Waals surface area contributed by atoms with Crippen molar-refractivity contribution in [3.05, 3.63) is 35.7 Å². The highest BCUT2D eigenvalue weighted by atomic mass is 16.2. The number of aromatic amines is 1. The van der Waals surface area contributed by atoms with Gasteiger partial charge in [-0.15, -0.1) is 0 Å². The van der Waals surface area contributed by atoms with E-state index in [4.69, 9.17) is 0 Å². The van der Waals surface area contributed by atoms with Gasteiger partial charge in [-0.3, -0.25) is 9.89 Å². The van der Waals surface area contributed by atoms with Gasteiger partial charge in [-0.05, 0) is 18.9 Å². The number of nitrogens with zero attached hydrogens (tertiary/aromatic N) is 4. The lowest BCUT2D eigenvalue weighted by molar-refractivity contribution is -0.130. The van der Waals surface area contributed by atoms with E-state index in [0.29, 0.717) is 24.8 Å². The number of carbonyl (C=O) groups is 1. The van der Waals surface area contributed by atoms with E-state index >= 15 is 0 Å². The highest BCUT2D eigenvalue weighted by Gasteiger charge is 2.28. The molecular formula is C17H25N5O. The second-order valence-electron chi connectivity index (χ2n) is 6.68. The Morgan fingerprint density at radius 3 is 3.00 bits per heavy atom. The molecule has 3 rings (SSSR count). The molecule has 0 aliphatic carbocycles. The Bertz CT molecular complexity index is 672. The monoisotopic (exact) mass is 315 g/mol. The van der Waals surface area contributed by atoms with Gasteiger partial charge in [-0.2, -0.15) is 5.10 Å². The SMILES string of the molecule is Cc1cn[nH]c1[C@H]1CCN(C(=O)CCn2ccnc2C(C)C)C1. The van der Waals surface area contributed by atoms with E-state index in [1.165, 1.54) is 11.3 Å². The summed E-state index contributed by atoms with van der Waals surface area (Å²) in [7, 11) is 0. The van der Waals surface area contributed by atoms with E-state index in [1.54, 1.807) is 0 Å². The number of aromatic nitrogens is 4. The number of nitrogens with one attached hydrogen (secondary N) is 1. The molecule has 1 aliphatic rings. The standard InChI is InChI=1S/C17H25N5O/c1-12(2)17-18-6-9-21(17)8-5-15(23)22-7-4-14(11-22)16-13(3)10-19-20-16/h6,9-10,12,14H,4-5,7-8,11H2,1-3H3,(H,19,20)/t14-/m0/s1. The summed E-state index contributed by atoms with van der Waals surface area (Å²) < 4.78 is 2.09. The zero-order valence-electron chi connectivity index (χ0n) is 14.1. The summed E-state index contributed by atoms with van der Waals surface area (Å²) in [6.45, 7) is 8.65. The molecule has 3 heterocycles. The summed E-state index contributed by atoms with van der Waals surface area (Å²) in [5, 5.41) is 7.17. The van der Waals surface area contributed by atoms with Crippen LogP contribution in [0.3, 0.4) is 0 Å². The number of hydrogen-bond acceptors (Lipinski definition) is 3. The second-order valence-corrected chi connectivity index (χ2v) is 6.68. The van der Waals surface area contributed by atoms with Gasteiger partial charge < -0.3 is 9.47 Å². The van der Waals surface area contributed by atoms with Crippen LogP contribution in [0.25, 0.3) is 0 Å². The highest BCUT2D eigenvalue weighted by molar-refractivity contribution is 5.76. The molecule has 0 bridgehead atoms. The largest absolute Gasteiger partial charge is 0.342 e. The predicted octanol–water partition coefficient (Wildman–Crippen LogP) is 2.44. The van der Waals surface area contributed by atoms with Gasteiger partial charge >= 0.3 is 0 Å². The minimum atomic E-state index is 0.230. The molecule has 6 heteroatoms. The first-order valence-corrected chi connectivity index (χ1v) is 8.35. The van der Waals surface area contributed by atoms with Crippen LogP contribution in [-0.4, -0.2) is 43.6 Å². The van der Waals surface area contributed by atoms with Crippen molar-refractivity contribution in [1.29, 1.82) is 0 Å². The Hall–Kier alpha value is -2.11. The normalized spacial score (nSPS) is 18.1. The van der Waals surface area contributed by atoms with E-state index in [-0.39, 0.29) is 5.91 Å². The van der Waals surface area contributed by atoms with Crippen LogP contribution in [-0.2, 0) is 11.3 Å². The average molecular weight is 315 g/mol. The summed E-state index contributed by atoms with van der Waals surface area (Å²) in [6, 6.07) is 0. The summed E-state index contributed by atoms with van der Waals surface area (Å²) in [5.41, 5.74) is 2.36. The molecule has 2 aromatic rings. The number of rotatable bonds is 5.